The molecule has 0 aliphatic rings. The van der Waals surface area contributed by atoms with Crippen LogP contribution in [0.4, 0.5) is 11.5 Å². The highest BCUT2D eigenvalue weighted by Gasteiger charge is 2.19. The molecular formula is C12H12BrN3O2S. The number of anilines is 2. The second-order valence-electron chi connectivity index (χ2n) is 3.91. The number of nitrogens with two attached hydrogens (primary N) is 1. The van der Waals surface area contributed by atoms with Crippen molar-refractivity contribution in [3.63, 3.8) is 0 Å². The highest BCUT2D eigenvalue weighted by Crippen LogP contribution is 2.25. The van der Waals surface area contributed by atoms with Crippen LogP contribution in [0.1, 0.15) is 5.56 Å². The summed E-state index contributed by atoms with van der Waals surface area (Å²) >= 11 is 3.24. The molecule has 2 aromatic rings. The summed E-state index contributed by atoms with van der Waals surface area (Å²) in [6.45, 7) is 1.66. The van der Waals surface area contributed by atoms with Crippen molar-refractivity contribution in [2.24, 2.45) is 0 Å². The average molecular weight is 342 g/mol. The van der Waals surface area contributed by atoms with Gasteiger partial charge in [0.25, 0.3) is 10.0 Å². The fourth-order valence-corrected chi connectivity index (χ4v) is 3.36. The van der Waals surface area contributed by atoms with Crippen LogP contribution >= 0.6 is 15.9 Å². The fourth-order valence-electron chi connectivity index (χ4n) is 1.57. The number of rotatable bonds is 3. The number of hydrogen-bond acceptors (Lipinski definition) is 4. The van der Waals surface area contributed by atoms with E-state index in [1.807, 2.05) is 0 Å². The van der Waals surface area contributed by atoms with Crippen molar-refractivity contribution in [1.82, 2.24) is 4.98 Å². The summed E-state index contributed by atoms with van der Waals surface area (Å²) in [5, 5.41) is 0. The van der Waals surface area contributed by atoms with Gasteiger partial charge in [0.15, 0.2) is 5.82 Å². The standard InChI is InChI=1S/C12H12BrN3O2S/c1-8-10(14)5-2-6-11(8)19(17,18)16-12-9(13)4-3-7-15-12/h2-7H,14H2,1H3,(H,15,16). The molecule has 1 aromatic carbocycles. The van der Waals surface area contributed by atoms with Crippen LogP contribution in [0.3, 0.4) is 0 Å². The number of nitrogens with zero attached hydrogens (tertiary/aromatic N) is 1. The molecule has 0 aliphatic heterocycles. The van der Waals surface area contributed by atoms with E-state index in [0.717, 1.165) is 0 Å². The zero-order valence-electron chi connectivity index (χ0n) is 10.1. The Morgan fingerprint density at radius 3 is 2.68 bits per heavy atom. The molecule has 0 fully saturated rings. The molecule has 100 valence electrons. The summed E-state index contributed by atoms with van der Waals surface area (Å²) < 4.78 is 27.6. The second kappa shape index (κ2) is 5.18. The van der Waals surface area contributed by atoms with Gasteiger partial charge in [0.2, 0.25) is 0 Å². The van der Waals surface area contributed by atoms with Crippen LogP contribution in [0.2, 0.25) is 0 Å². The van der Waals surface area contributed by atoms with Crippen LogP contribution < -0.4 is 10.5 Å². The van der Waals surface area contributed by atoms with E-state index in [4.69, 9.17) is 5.73 Å². The molecule has 0 atom stereocenters. The molecule has 0 aliphatic carbocycles. The van der Waals surface area contributed by atoms with Crippen molar-refractivity contribution in [3.8, 4) is 0 Å². The first-order valence-electron chi connectivity index (χ1n) is 5.40. The molecular weight excluding hydrogens is 330 g/mol. The smallest absolute Gasteiger partial charge is 0.263 e. The van der Waals surface area contributed by atoms with Crippen molar-refractivity contribution in [3.05, 3.63) is 46.6 Å². The highest BCUT2D eigenvalue weighted by atomic mass is 79.9. The number of aromatic nitrogens is 1. The van der Waals surface area contributed by atoms with E-state index in [9.17, 15) is 8.42 Å². The molecule has 0 bridgehead atoms. The molecule has 0 radical (unpaired) electrons. The normalized spacial score (nSPS) is 11.3. The summed E-state index contributed by atoms with van der Waals surface area (Å²) in [4.78, 5) is 4.12. The molecule has 0 unspecified atom stereocenters. The Hall–Kier alpha value is -1.60. The van der Waals surface area contributed by atoms with Gasteiger partial charge < -0.3 is 5.73 Å². The molecule has 3 N–H and O–H groups in total. The number of benzene rings is 1. The molecule has 19 heavy (non-hydrogen) atoms. The topological polar surface area (TPSA) is 85.1 Å². The Morgan fingerprint density at radius 2 is 2.00 bits per heavy atom. The first kappa shape index (κ1) is 13.8. The van der Waals surface area contributed by atoms with Crippen LogP contribution in [0.15, 0.2) is 45.9 Å². The number of nitrogens with one attached hydrogen (secondary N) is 1. The molecule has 0 saturated heterocycles. The van der Waals surface area contributed by atoms with Gasteiger partial charge in [0, 0.05) is 11.9 Å². The van der Waals surface area contributed by atoms with Crippen LogP contribution in [-0.4, -0.2) is 13.4 Å². The van der Waals surface area contributed by atoms with E-state index < -0.39 is 10.0 Å². The molecule has 5 nitrogen and oxygen atoms in total. The highest BCUT2D eigenvalue weighted by molar-refractivity contribution is 9.10. The van der Waals surface area contributed by atoms with Crippen molar-refractivity contribution in [2.45, 2.75) is 11.8 Å². The lowest BCUT2D eigenvalue weighted by atomic mass is 10.2. The van der Waals surface area contributed by atoms with Crippen LogP contribution in [0, 0.1) is 6.92 Å². The van der Waals surface area contributed by atoms with Gasteiger partial charge in [0.1, 0.15) is 0 Å². The molecule has 0 spiro atoms. The first-order valence-corrected chi connectivity index (χ1v) is 7.68. The lowest BCUT2D eigenvalue weighted by Gasteiger charge is -2.11. The monoisotopic (exact) mass is 341 g/mol. The van der Waals surface area contributed by atoms with Gasteiger partial charge in [0.05, 0.1) is 9.37 Å². The minimum atomic E-state index is -3.71. The Balaban J connectivity index is 2.44. The third-order valence-electron chi connectivity index (χ3n) is 2.61. The zero-order valence-corrected chi connectivity index (χ0v) is 12.5. The van der Waals surface area contributed by atoms with E-state index >= 15 is 0 Å². The maximum Gasteiger partial charge on any atom is 0.263 e. The fraction of sp³-hybridized carbons (Fsp3) is 0.0833. The van der Waals surface area contributed by atoms with Gasteiger partial charge in [-0.2, -0.15) is 0 Å². The van der Waals surface area contributed by atoms with E-state index in [2.05, 4.69) is 25.6 Å². The maximum atomic E-state index is 12.3. The van der Waals surface area contributed by atoms with Gasteiger partial charge in [-0.05, 0) is 52.7 Å². The van der Waals surface area contributed by atoms with Crippen molar-refractivity contribution >= 4 is 37.5 Å². The van der Waals surface area contributed by atoms with E-state index in [0.29, 0.717) is 15.7 Å². The van der Waals surface area contributed by atoms with E-state index in [-0.39, 0.29) is 10.7 Å². The average Bonchev–Trinajstić information content (AvgIpc) is 2.35. The van der Waals surface area contributed by atoms with E-state index in [1.54, 1.807) is 31.2 Å². The zero-order chi connectivity index (χ0) is 14.0. The number of pyridine rings is 1. The van der Waals surface area contributed by atoms with Gasteiger partial charge >= 0.3 is 0 Å². The lowest BCUT2D eigenvalue weighted by molar-refractivity contribution is 0.600. The Labute approximate surface area is 120 Å². The molecule has 7 heteroatoms. The second-order valence-corrected chi connectivity index (χ2v) is 6.41. The van der Waals surface area contributed by atoms with Gasteiger partial charge in [-0.3, -0.25) is 4.72 Å². The van der Waals surface area contributed by atoms with Gasteiger partial charge in [-0.15, -0.1) is 0 Å². The van der Waals surface area contributed by atoms with Crippen LogP contribution in [0.25, 0.3) is 0 Å². The summed E-state index contributed by atoms with van der Waals surface area (Å²) in [6.07, 6.45) is 1.51. The number of nitrogen functional groups attached to an aromatic ring is 1. The Bertz CT molecular complexity index is 717. The molecule has 1 aromatic heterocycles. The summed E-state index contributed by atoms with van der Waals surface area (Å²) in [6, 6.07) is 8.17. The van der Waals surface area contributed by atoms with Crippen molar-refractivity contribution in [1.29, 1.82) is 0 Å². The lowest BCUT2D eigenvalue weighted by Crippen LogP contribution is -2.16. The van der Waals surface area contributed by atoms with Crippen LogP contribution in [0.5, 0.6) is 0 Å². The van der Waals surface area contributed by atoms with Crippen molar-refractivity contribution in [2.75, 3.05) is 10.5 Å². The third kappa shape index (κ3) is 2.87. The Kier molecular flexibility index (Phi) is 3.77. The first-order chi connectivity index (χ1) is 8.92. The minimum absolute atomic E-state index is 0.144. The maximum absolute atomic E-state index is 12.3. The minimum Gasteiger partial charge on any atom is -0.398 e. The predicted molar refractivity (Wildman–Crippen MR) is 78.3 cm³/mol. The number of halogens is 1. The SMILES string of the molecule is Cc1c(N)cccc1S(=O)(=O)Nc1ncccc1Br. The molecule has 0 saturated carbocycles. The van der Waals surface area contributed by atoms with Gasteiger partial charge in [-0.25, -0.2) is 13.4 Å². The quantitative estimate of drug-likeness (QED) is 0.840. The number of hydrogen-bond donors (Lipinski definition) is 2. The van der Waals surface area contributed by atoms with Crippen LogP contribution in [-0.2, 0) is 10.0 Å². The third-order valence-corrected chi connectivity index (χ3v) is 4.73. The summed E-state index contributed by atoms with van der Waals surface area (Å²) in [5.41, 5.74) is 6.67. The summed E-state index contributed by atoms with van der Waals surface area (Å²) in [7, 11) is -3.71. The summed E-state index contributed by atoms with van der Waals surface area (Å²) in [5.74, 6) is 0.240. The van der Waals surface area contributed by atoms with Crippen molar-refractivity contribution < 1.29 is 8.42 Å². The molecule has 0 amide bonds. The number of sulfonamides is 1. The molecule has 1 heterocycles. The molecule has 2 rings (SSSR count). The predicted octanol–water partition coefficient (Wildman–Crippen LogP) is 2.54. The largest absolute Gasteiger partial charge is 0.398 e. The van der Waals surface area contributed by atoms with Gasteiger partial charge in [-0.1, -0.05) is 6.07 Å². The van der Waals surface area contributed by atoms with E-state index in [1.165, 1.54) is 12.3 Å². The Morgan fingerprint density at radius 1 is 1.26 bits per heavy atom.